The molecular formula is C23H25FN4O2. The molecule has 0 radical (unpaired) electrons. The van der Waals surface area contributed by atoms with Gasteiger partial charge in [0, 0.05) is 31.1 Å². The summed E-state index contributed by atoms with van der Waals surface area (Å²) in [5.74, 6) is 1.36. The number of aliphatic imine (C=N–C) groups is 1. The van der Waals surface area contributed by atoms with Crippen LogP contribution in [-0.4, -0.2) is 42.3 Å². The Morgan fingerprint density at radius 1 is 1.17 bits per heavy atom. The van der Waals surface area contributed by atoms with E-state index in [4.69, 9.17) is 15.0 Å². The van der Waals surface area contributed by atoms with Gasteiger partial charge in [-0.3, -0.25) is 0 Å². The van der Waals surface area contributed by atoms with E-state index in [9.17, 15) is 4.39 Å². The van der Waals surface area contributed by atoms with Gasteiger partial charge >= 0.3 is 0 Å². The Labute approximate surface area is 175 Å². The van der Waals surface area contributed by atoms with Crippen molar-refractivity contribution in [2.45, 2.75) is 19.3 Å². The summed E-state index contributed by atoms with van der Waals surface area (Å²) < 4.78 is 25.4. The topological polar surface area (TPSA) is 76.9 Å². The summed E-state index contributed by atoms with van der Waals surface area (Å²) in [5.41, 5.74) is 8.43. The van der Waals surface area contributed by atoms with Crippen molar-refractivity contribution >= 4 is 11.8 Å². The first kappa shape index (κ1) is 20.1. The highest BCUT2D eigenvalue weighted by Gasteiger charge is 2.16. The summed E-state index contributed by atoms with van der Waals surface area (Å²) >= 11 is 0. The minimum Gasteiger partial charge on any atom is -0.378 e. The summed E-state index contributed by atoms with van der Waals surface area (Å²) in [5, 5.41) is 3.99. The van der Waals surface area contributed by atoms with Gasteiger partial charge in [0.2, 0.25) is 0 Å². The van der Waals surface area contributed by atoms with Crippen LogP contribution >= 0.6 is 0 Å². The molecule has 1 aliphatic heterocycles. The average molecular weight is 408 g/mol. The van der Waals surface area contributed by atoms with Crippen molar-refractivity contribution in [2.24, 2.45) is 10.7 Å². The zero-order valence-electron chi connectivity index (χ0n) is 16.9. The molecule has 6 nitrogen and oxygen atoms in total. The quantitative estimate of drug-likeness (QED) is 0.508. The van der Waals surface area contributed by atoms with Crippen molar-refractivity contribution in [2.75, 3.05) is 26.3 Å². The largest absolute Gasteiger partial charge is 0.378 e. The van der Waals surface area contributed by atoms with Gasteiger partial charge in [0.05, 0.1) is 13.2 Å². The Balaban J connectivity index is 1.43. The number of morpholine rings is 1. The zero-order chi connectivity index (χ0) is 20.9. The van der Waals surface area contributed by atoms with E-state index in [0.717, 1.165) is 11.1 Å². The molecule has 1 fully saturated rings. The molecule has 3 aromatic rings. The fraction of sp³-hybridized carbons (Fsp3) is 0.304. The van der Waals surface area contributed by atoms with Crippen LogP contribution < -0.4 is 5.73 Å². The molecule has 0 spiro atoms. The Bertz CT molecular complexity index is 1010. The van der Waals surface area contributed by atoms with E-state index in [-0.39, 0.29) is 11.7 Å². The van der Waals surface area contributed by atoms with Gasteiger partial charge in [-0.05, 0) is 23.1 Å². The fourth-order valence-electron chi connectivity index (χ4n) is 3.54. The molecule has 1 aliphatic rings. The third-order valence-electron chi connectivity index (χ3n) is 5.27. The minimum atomic E-state index is -0.230. The first-order valence-corrected chi connectivity index (χ1v) is 10.1. The molecule has 2 heterocycles. The average Bonchev–Trinajstić information content (AvgIpc) is 3.21. The molecule has 1 saturated heterocycles. The Morgan fingerprint density at radius 2 is 1.93 bits per heavy atom. The van der Waals surface area contributed by atoms with Crippen molar-refractivity contribution in [3.63, 3.8) is 0 Å². The summed E-state index contributed by atoms with van der Waals surface area (Å²) in [7, 11) is 0. The smallest absolute Gasteiger partial charge is 0.198 e. The molecule has 1 aromatic heterocycles. The molecular weight excluding hydrogens is 383 g/mol. The van der Waals surface area contributed by atoms with Crippen LogP contribution in [-0.2, 0) is 11.2 Å². The fourth-order valence-corrected chi connectivity index (χ4v) is 3.54. The van der Waals surface area contributed by atoms with Gasteiger partial charge < -0.3 is 19.9 Å². The Morgan fingerprint density at radius 3 is 2.67 bits per heavy atom. The summed E-state index contributed by atoms with van der Waals surface area (Å²) in [4.78, 5) is 6.30. The van der Waals surface area contributed by atoms with E-state index in [2.05, 4.69) is 10.1 Å². The van der Waals surface area contributed by atoms with Crippen molar-refractivity contribution in [3.8, 4) is 11.1 Å². The van der Waals surface area contributed by atoms with Gasteiger partial charge in [0.25, 0.3) is 0 Å². The second-order valence-corrected chi connectivity index (χ2v) is 7.43. The monoisotopic (exact) mass is 408 g/mol. The van der Waals surface area contributed by atoms with E-state index in [0.29, 0.717) is 55.8 Å². The molecule has 2 aromatic carbocycles. The highest BCUT2D eigenvalue weighted by molar-refractivity contribution is 5.80. The molecule has 0 saturated carbocycles. The number of rotatable bonds is 5. The highest BCUT2D eigenvalue weighted by atomic mass is 19.1. The number of ether oxygens (including phenoxy) is 1. The summed E-state index contributed by atoms with van der Waals surface area (Å²) in [6.45, 7) is 4.72. The van der Waals surface area contributed by atoms with Gasteiger partial charge in [0.15, 0.2) is 11.8 Å². The van der Waals surface area contributed by atoms with E-state index in [1.54, 1.807) is 12.1 Å². The Kier molecular flexibility index (Phi) is 6.09. The minimum absolute atomic E-state index is 0.0608. The maximum absolute atomic E-state index is 14.7. The van der Waals surface area contributed by atoms with Crippen LogP contribution in [0.5, 0.6) is 0 Å². The number of nitrogens with zero attached hydrogens (tertiary/aromatic N) is 3. The third kappa shape index (κ3) is 4.68. The molecule has 2 N–H and O–H groups in total. The summed E-state index contributed by atoms with van der Waals surface area (Å²) in [6.07, 6.45) is 0.587. The van der Waals surface area contributed by atoms with E-state index < -0.39 is 0 Å². The van der Waals surface area contributed by atoms with Gasteiger partial charge in [-0.15, -0.1) is 0 Å². The standard InChI is InChI=1S/C23H25FN4O2/c1-16(18-7-8-20(21(24)14-18)17-5-3-2-4-6-17)13-19-15-22(27-30-19)26-23(25)28-9-11-29-12-10-28/h2-8,14-16H,9-13H2,1H3,(H2,25,26,27). The van der Waals surface area contributed by atoms with Crippen molar-refractivity contribution in [1.82, 2.24) is 10.1 Å². The zero-order valence-corrected chi connectivity index (χ0v) is 16.9. The lowest BCUT2D eigenvalue weighted by Gasteiger charge is -2.27. The maximum Gasteiger partial charge on any atom is 0.198 e. The first-order valence-electron chi connectivity index (χ1n) is 10.1. The number of hydrogen-bond acceptors (Lipinski definition) is 4. The normalized spacial score (nSPS) is 15.9. The molecule has 1 unspecified atom stereocenters. The Hall–Kier alpha value is -3.19. The van der Waals surface area contributed by atoms with Crippen LogP contribution in [0.1, 0.15) is 24.2 Å². The summed E-state index contributed by atoms with van der Waals surface area (Å²) in [6, 6.07) is 16.7. The lowest BCUT2D eigenvalue weighted by Crippen LogP contribution is -2.44. The van der Waals surface area contributed by atoms with E-state index in [1.807, 2.05) is 54.3 Å². The SMILES string of the molecule is CC(Cc1cc(N=C(N)N2CCOCC2)no1)c1ccc(-c2ccccc2)c(F)c1. The lowest BCUT2D eigenvalue weighted by atomic mass is 9.94. The van der Waals surface area contributed by atoms with Crippen LogP contribution in [0.25, 0.3) is 11.1 Å². The van der Waals surface area contributed by atoms with Gasteiger partial charge in [-0.1, -0.05) is 54.5 Å². The first-order chi connectivity index (χ1) is 14.6. The van der Waals surface area contributed by atoms with E-state index >= 15 is 0 Å². The second kappa shape index (κ2) is 9.09. The number of benzene rings is 2. The number of halogens is 1. The molecule has 156 valence electrons. The van der Waals surface area contributed by atoms with Gasteiger partial charge in [-0.2, -0.15) is 4.99 Å². The number of hydrogen-bond donors (Lipinski definition) is 1. The van der Waals surface area contributed by atoms with Crippen molar-refractivity contribution in [1.29, 1.82) is 0 Å². The predicted octanol–water partition coefficient (Wildman–Crippen LogP) is 4.11. The molecule has 0 amide bonds. The molecule has 7 heteroatoms. The number of nitrogens with two attached hydrogens (primary N) is 1. The van der Waals surface area contributed by atoms with Crippen molar-refractivity contribution < 1.29 is 13.7 Å². The molecule has 0 aliphatic carbocycles. The second-order valence-electron chi connectivity index (χ2n) is 7.43. The third-order valence-corrected chi connectivity index (χ3v) is 5.27. The van der Waals surface area contributed by atoms with E-state index in [1.165, 1.54) is 0 Å². The van der Waals surface area contributed by atoms with Crippen LogP contribution in [0, 0.1) is 5.82 Å². The van der Waals surface area contributed by atoms with Crippen LogP contribution in [0.2, 0.25) is 0 Å². The van der Waals surface area contributed by atoms with Crippen LogP contribution in [0.4, 0.5) is 10.2 Å². The molecule has 0 bridgehead atoms. The molecule has 4 rings (SSSR count). The molecule has 1 atom stereocenters. The van der Waals surface area contributed by atoms with Crippen LogP contribution in [0.15, 0.2) is 64.1 Å². The van der Waals surface area contributed by atoms with Gasteiger partial charge in [0.1, 0.15) is 11.6 Å². The van der Waals surface area contributed by atoms with Crippen LogP contribution in [0.3, 0.4) is 0 Å². The van der Waals surface area contributed by atoms with Gasteiger partial charge in [-0.25, -0.2) is 4.39 Å². The highest BCUT2D eigenvalue weighted by Crippen LogP contribution is 2.28. The molecule has 30 heavy (non-hydrogen) atoms. The number of guanidine groups is 1. The number of aromatic nitrogens is 1. The maximum atomic E-state index is 14.7. The lowest BCUT2D eigenvalue weighted by molar-refractivity contribution is 0.0675. The predicted molar refractivity (Wildman–Crippen MR) is 114 cm³/mol. The van der Waals surface area contributed by atoms with Crippen molar-refractivity contribution in [3.05, 3.63) is 71.7 Å².